The molecule has 1 atom stereocenters. The van der Waals surface area contributed by atoms with E-state index in [1.807, 2.05) is 25.1 Å². The third kappa shape index (κ3) is 3.91. The molecule has 3 rings (SSSR count). The Morgan fingerprint density at radius 3 is 2.37 bits per heavy atom. The van der Waals surface area contributed by atoms with Crippen LogP contribution in [-0.4, -0.2) is 30.9 Å². The highest BCUT2D eigenvalue weighted by Crippen LogP contribution is 2.30. The number of rotatable bonds is 5. The second-order valence-corrected chi connectivity index (χ2v) is 8.53. The minimum atomic E-state index is -3.23. The number of nitrogens with one attached hydrogen (secondary N) is 1. The van der Waals surface area contributed by atoms with Gasteiger partial charge >= 0.3 is 0 Å². The molecule has 6 nitrogen and oxygen atoms in total. The Bertz CT molecular complexity index is 1130. The SMILES string of the molecule is CCC(C)Nc1c(C#N)nnc2cc(-c3ccc(S(C)(=O)=O)cc3)ccc12. The van der Waals surface area contributed by atoms with Crippen molar-refractivity contribution in [2.75, 3.05) is 11.6 Å². The zero-order chi connectivity index (χ0) is 19.6. The summed E-state index contributed by atoms with van der Waals surface area (Å²) in [6.07, 6.45) is 2.10. The van der Waals surface area contributed by atoms with Crippen LogP contribution in [-0.2, 0) is 9.84 Å². The van der Waals surface area contributed by atoms with Crippen molar-refractivity contribution < 1.29 is 8.42 Å². The van der Waals surface area contributed by atoms with Gasteiger partial charge in [0, 0.05) is 17.7 Å². The van der Waals surface area contributed by atoms with Gasteiger partial charge in [0.1, 0.15) is 6.07 Å². The van der Waals surface area contributed by atoms with Crippen molar-refractivity contribution in [2.45, 2.75) is 31.2 Å². The Morgan fingerprint density at radius 1 is 1.11 bits per heavy atom. The Morgan fingerprint density at radius 2 is 1.78 bits per heavy atom. The number of hydrogen-bond acceptors (Lipinski definition) is 6. The van der Waals surface area contributed by atoms with Gasteiger partial charge in [-0.15, -0.1) is 10.2 Å². The number of nitrogens with zero attached hydrogens (tertiary/aromatic N) is 3. The van der Waals surface area contributed by atoms with Gasteiger partial charge in [0.15, 0.2) is 15.5 Å². The summed E-state index contributed by atoms with van der Waals surface area (Å²) in [6.45, 7) is 4.11. The van der Waals surface area contributed by atoms with E-state index in [0.717, 1.165) is 22.9 Å². The lowest BCUT2D eigenvalue weighted by molar-refractivity contribution is 0.602. The smallest absolute Gasteiger partial charge is 0.186 e. The Labute approximate surface area is 158 Å². The van der Waals surface area contributed by atoms with Crippen LogP contribution in [0.3, 0.4) is 0 Å². The Balaban J connectivity index is 2.07. The molecule has 27 heavy (non-hydrogen) atoms. The lowest BCUT2D eigenvalue weighted by atomic mass is 10.0. The van der Waals surface area contributed by atoms with Crippen LogP contribution < -0.4 is 5.32 Å². The van der Waals surface area contributed by atoms with E-state index in [4.69, 9.17) is 0 Å². The maximum atomic E-state index is 11.6. The first-order valence-corrected chi connectivity index (χ1v) is 10.5. The van der Waals surface area contributed by atoms with Gasteiger partial charge in [0.25, 0.3) is 0 Å². The number of nitriles is 1. The van der Waals surface area contributed by atoms with E-state index in [-0.39, 0.29) is 16.6 Å². The summed E-state index contributed by atoms with van der Waals surface area (Å²) in [5.74, 6) is 0. The highest BCUT2D eigenvalue weighted by atomic mass is 32.2. The van der Waals surface area contributed by atoms with Crippen molar-refractivity contribution in [3.8, 4) is 17.2 Å². The second kappa shape index (κ2) is 7.33. The van der Waals surface area contributed by atoms with E-state index in [1.165, 1.54) is 6.26 Å². The topological polar surface area (TPSA) is 95.7 Å². The monoisotopic (exact) mass is 380 g/mol. The number of aromatic nitrogens is 2. The molecule has 0 fully saturated rings. The average Bonchev–Trinajstić information content (AvgIpc) is 2.67. The maximum absolute atomic E-state index is 11.6. The Kier molecular flexibility index (Phi) is 5.10. The van der Waals surface area contributed by atoms with Crippen LogP contribution in [0.1, 0.15) is 26.0 Å². The lowest BCUT2D eigenvalue weighted by Crippen LogP contribution is -2.15. The minimum Gasteiger partial charge on any atom is -0.380 e. The average molecular weight is 380 g/mol. The molecule has 7 heteroatoms. The van der Waals surface area contributed by atoms with E-state index in [9.17, 15) is 13.7 Å². The van der Waals surface area contributed by atoms with Gasteiger partial charge in [-0.25, -0.2) is 8.42 Å². The summed E-state index contributed by atoms with van der Waals surface area (Å²) < 4.78 is 23.2. The van der Waals surface area contributed by atoms with Crippen molar-refractivity contribution >= 4 is 26.4 Å². The van der Waals surface area contributed by atoms with Crippen molar-refractivity contribution in [1.82, 2.24) is 10.2 Å². The third-order valence-corrected chi connectivity index (χ3v) is 5.61. The van der Waals surface area contributed by atoms with Gasteiger partial charge in [-0.3, -0.25) is 0 Å². The summed E-state index contributed by atoms with van der Waals surface area (Å²) in [6, 6.07) is 14.8. The van der Waals surface area contributed by atoms with E-state index < -0.39 is 9.84 Å². The van der Waals surface area contributed by atoms with Crippen molar-refractivity contribution in [1.29, 1.82) is 5.26 Å². The molecule has 1 aromatic heterocycles. The fraction of sp³-hybridized carbons (Fsp3) is 0.250. The van der Waals surface area contributed by atoms with Gasteiger partial charge in [0.2, 0.25) is 0 Å². The van der Waals surface area contributed by atoms with Crippen molar-refractivity contribution in [3.05, 3.63) is 48.2 Å². The molecule has 0 spiro atoms. The third-order valence-electron chi connectivity index (χ3n) is 4.49. The molecule has 0 bridgehead atoms. The van der Waals surface area contributed by atoms with E-state index in [2.05, 4.69) is 28.5 Å². The molecule has 2 aromatic carbocycles. The fourth-order valence-corrected chi connectivity index (χ4v) is 3.38. The molecule has 0 aliphatic rings. The van der Waals surface area contributed by atoms with Crippen LogP contribution in [0.25, 0.3) is 22.0 Å². The summed E-state index contributed by atoms with van der Waals surface area (Å²) in [4.78, 5) is 0.283. The lowest BCUT2D eigenvalue weighted by Gasteiger charge is -2.16. The summed E-state index contributed by atoms with van der Waals surface area (Å²) in [5, 5.41) is 21.7. The summed E-state index contributed by atoms with van der Waals surface area (Å²) in [7, 11) is -3.23. The zero-order valence-corrected chi connectivity index (χ0v) is 16.2. The highest BCUT2D eigenvalue weighted by molar-refractivity contribution is 7.90. The highest BCUT2D eigenvalue weighted by Gasteiger charge is 2.13. The van der Waals surface area contributed by atoms with Crippen molar-refractivity contribution in [3.63, 3.8) is 0 Å². The number of benzene rings is 2. The minimum absolute atomic E-state index is 0.202. The predicted molar refractivity (Wildman–Crippen MR) is 106 cm³/mol. The van der Waals surface area contributed by atoms with Crippen LogP contribution in [0.15, 0.2) is 47.4 Å². The number of fused-ring (bicyclic) bond motifs is 1. The fourth-order valence-electron chi connectivity index (χ4n) is 2.75. The zero-order valence-electron chi connectivity index (χ0n) is 15.4. The summed E-state index contributed by atoms with van der Waals surface area (Å²) >= 11 is 0. The van der Waals surface area contributed by atoms with Crippen LogP contribution in [0.4, 0.5) is 5.69 Å². The molecule has 0 aliphatic heterocycles. The van der Waals surface area contributed by atoms with E-state index >= 15 is 0 Å². The molecular weight excluding hydrogens is 360 g/mol. The predicted octanol–water partition coefficient (Wildman–Crippen LogP) is 3.78. The molecule has 1 heterocycles. The molecular formula is C20H20N4O2S. The molecule has 0 amide bonds. The van der Waals surface area contributed by atoms with Crippen LogP contribution in [0, 0.1) is 11.3 Å². The van der Waals surface area contributed by atoms with Gasteiger partial charge in [-0.2, -0.15) is 5.26 Å². The largest absolute Gasteiger partial charge is 0.380 e. The number of sulfone groups is 1. The first kappa shape index (κ1) is 18.8. The molecule has 0 saturated heterocycles. The van der Waals surface area contributed by atoms with E-state index in [0.29, 0.717) is 11.2 Å². The number of anilines is 1. The van der Waals surface area contributed by atoms with Crippen molar-refractivity contribution in [2.24, 2.45) is 0 Å². The van der Waals surface area contributed by atoms with Gasteiger partial charge in [0.05, 0.1) is 16.1 Å². The first-order valence-electron chi connectivity index (χ1n) is 8.61. The maximum Gasteiger partial charge on any atom is 0.186 e. The van der Waals surface area contributed by atoms with Crippen LogP contribution in [0.5, 0.6) is 0 Å². The van der Waals surface area contributed by atoms with Gasteiger partial charge in [-0.1, -0.05) is 25.1 Å². The van der Waals surface area contributed by atoms with Gasteiger partial charge in [-0.05, 0) is 48.7 Å². The van der Waals surface area contributed by atoms with Gasteiger partial charge < -0.3 is 5.32 Å². The first-order chi connectivity index (χ1) is 12.8. The van der Waals surface area contributed by atoms with Crippen LogP contribution in [0.2, 0.25) is 0 Å². The molecule has 1 unspecified atom stereocenters. The Hall–Kier alpha value is -2.98. The molecule has 138 valence electrons. The number of hydrogen-bond donors (Lipinski definition) is 1. The standard InChI is InChI=1S/C20H20N4O2S/c1-4-13(2)22-20-17-10-7-15(11-18(17)23-24-19(20)12-21)14-5-8-16(9-6-14)27(3,25)26/h5-11,13H,4H2,1-3H3,(H,22,23). The second-order valence-electron chi connectivity index (χ2n) is 6.52. The molecule has 0 saturated carbocycles. The molecule has 0 aliphatic carbocycles. The summed E-state index contributed by atoms with van der Waals surface area (Å²) in [5.41, 5.74) is 3.41. The molecule has 1 N–H and O–H groups in total. The normalized spacial score (nSPS) is 12.5. The van der Waals surface area contributed by atoms with Crippen LogP contribution >= 0.6 is 0 Å². The quantitative estimate of drug-likeness (QED) is 0.723. The molecule has 3 aromatic rings. The van der Waals surface area contributed by atoms with E-state index in [1.54, 1.807) is 24.3 Å². The molecule has 0 radical (unpaired) electrons.